The van der Waals surface area contributed by atoms with E-state index in [4.69, 9.17) is 0 Å². The lowest BCUT2D eigenvalue weighted by Gasteiger charge is -2.17. The zero-order valence-corrected chi connectivity index (χ0v) is 14.6. The topological polar surface area (TPSA) is 44.6 Å². The molecule has 0 saturated carbocycles. The van der Waals surface area contributed by atoms with E-state index in [1.807, 2.05) is 10.9 Å². The van der Waals surface area contributed by atoms with Gasteiger partial charge in [-0.1, -0.05) is 0 Å². The van der Waals surface area contributed by atoms with Crippen LogP contribution in [0.3, 0.4) is 0 Å². The molecule has 6 nitrogen and oxygen atoms in total. The maximum absolute atomic E-state index is 13.8. The van der Waals surface area contributed by atoms with Crippen molar-refractivity contribution in [2.24, 2.45) is 0 Å². The van der Waals surface area contributed by atoms with E-state index in [0.717, 1.165) is 24.7 Å². The number of likely N-dealkylation sites (tertiary alicyclic amines) is 1. The molecule has 2 aliphatic rings. The predicted octanol–water partition coefficient (Wildman–Crippen LogP) is 2.48. The van der Waals surface area contributed by atoms with Crippen LogP contribution >= 0.6 is 0 Å². The summed E-state index contributed by atoms with van der Waals surface area (Å²) in [6, 6.07) is 3.70. The van der Waals surface area contributed by atoms with Crippen molar-refractivity contribution in [2.75, 3.05) is 38.1 Å². The third-order valence-electron chi connectivity index (χ3n) is 5.14. The van der Waals surface area contributed by atoms with E-state index < -0.39 is 5.82 Å². The number of amides is 2. The average molecular weight is 361 g/mol. The second-order valence-corrected chi connectivity index (χ2v) is 6.95. The summed E-state index contributed by atoms with van der Waals surface area (Å²) in [7, 11) is 1.78. The summed E-state index contributed by atoms with van der Waals surface area (Å²) < 4.78 is 29.1. The van der Waals surface area contributed by atoms with Gasteiger partial charge in [-0.3, -0.25) is 14.5 Å². The van der Waals surface area contributed by atoms with Crippen molar-refractivity contribution >= 4 is 11.7 Å². The van der Waals surface area contributed by atoms with Crippen LogP contribution in [0.4, 0.5) is 19.3 Å². The Balaban J connectivity index is 1.41. The van der Waals surface area contributed by atoms with Crippen LogP contribution in [-0.4, -0.2) is 58.8 Å². The van der Waals surface area contributed by atoms with Gasteiger partial charge >= 0.3 is 6.03 Å². The minimum Gasteiger partial charge on any atom is -0.326 e. The van der Waals surface area contributed by atoms with Gasteiger partial charge in [0.25, 0.3) is 0 Å². The lowest BCUT2D eigenvalue weighted by Crippen LogP contribution is -2.28. The number of aromatic nitrogens is 2. The van der Waals surface area contributed by atoms with Gasteiger partial charge in [-0.2, -0.15) is 5.10 Å². The lowest BCUT2D eigenvalue weighted by molar-refractivity contribution is 0.229. The number of halogens is 2. The molecule has 8 heteroatoms. The third-order valence-corrected chi connectivity index (χ3v) is 5.14. The standard InChI is InChI=1S/C18H21F2N5O/c1-22-6-7-24(18(22)26)16-9-21-25(12-16)15-4-5-23(11-15)10-13-8-14(19)2-3-17(13)20/h2-3,8-9,12,15H,4-7,10-11H2,1H3. The van der Waals surface area contributed by atoms with Crippen molar-refractivity contribution in [3.63, 3.8) is 0 Å². The molecule has 2 aliphatic heterocycles. The van der Waals surface area contributed by atoms with Crippen molar-refractivity contribution in [3.8, 4) is 0 Å². The van der Waals surface area contributed by atoms with E-state index in [9.17, 15) is 13.6 Å². The molecule has 0 radical (unpaired) electrons. The Kier molecular flexibility index (Phi) is 4.36. The first-order valence-electron chi connectivity index (χ1n) is 8.74. The summed E-state index contributed by atoms with van der Waals surface area (Å²) in [5, 5.41) is 4.42. The Morgan fingerprint density at radius 3 is 2.85 bits per heavy atom. The average Bonchev–Trinajstić information content (AvgIpc) is 3.33. The minimum absolute atomic E-state index is 0.0147. The van der Waals surface area contributed by atoms with Crippen molar-refractivity contribution in [1.82, 2.24) is 19.6 Å². The molecule has 4 rings (SSSR count). The molecule has 1 aromatic carbocycles. The maximum atomic E-state index is 13.8. The van der Waals surface area contributed by atoms with E-state index >= 15 is 0 Å². The molecule has 3 heterocycles. The van der Waals surface area contributed by atoms with E-state index in [0.29, 0.717) is 31.7 Å². The molecule has 2 aromatic rings. The molecule has 138 valence electrons. The van der Waals surface area contributed by atoms with Crippen LogP contribution in [-0.2, 0) is 6.54 Å². The Bertz CT molecular complexity index is 824. The summed E-state index contributed by atoms with van der Waals surface area (Å²) >= 11 is 0. The number of rotatable bonds is 4. The molecule has 2 fully saturated rings. The van der Waals surface area contributed by atoms with Crippen molar-refractivity contribution in [1.29, 1.82) is 0 Å². The lowest BCUT2D eigenvalue weighted by atomic mass is 10.2. The van der Waals surface area contributed by atoms with E-state index in [1.165, 1.54) is 12.1 Å². The number of carbonyl (C=O) groups is 1. The van der Waals surface area contributed by atoms with E-state index in [1.54, 1.807) is 23.0 Å². The second kappa shape index (κ2) is 6.68. The predicted molar refractivity (Wildman–Crippen MR) is 92.9 cm³/mol. The Hall–Kier alpha value is -2.48. The number of urea groups is 1. The highest BCUT2D eigenvalue weighted by atomic mass is 19.1. The summed E-state index contributed by atoms with van der Waals surface area (Å²) in [4.78, 5) is 17.6. The monoisotopic (exact) mass is 361 g/mol. The Labute approximate surface area is 150 Å². The van der Waals surface area contributed by atoms with Gasteiger partial charge in [0.05, 0.1) is 17.9 Å². The number of anilines is 1. The molecule has 0 spiro atoms. The second-order valence-electron chi connectivity index (χ2n) is 6.95. The smallest absolute Gasteiger partial charge is 0.324 e. The molecular weight excluding hydrogens is 340 g/mol. The highest BCUT2D eigenvalue weighted by Crippen LogP contribution is 2.26. The largest absolute Gasteiger partial charge is 0.326 e. The number of carbonyl (C=O) groups excluding carboxylic acids is 1. The van der Waals surface area contributed by atoms with Crippen LogP contribution in [0.15, 0.2) is 30.6 Å². The first kappa shape index (κ1) is 17.0. The molecule has 2 amide bonds. The summed E-state index contributed by atoms with van der Waals surface area (Å²) in [5.41, 5.74) is 1.17. The first-order valence-corrected chi connectivity index (χ1v) is 8.74. The maximum Gasteiger partial charge on any atom is 0.324 e. The number of benzene rings is 1. The van der Waals surface area contributed by atoms with Gasteiger partial charge in [0.15, 0.2) is 0 Å². The number of hydrogen-bond donors (Lipinski definition) is 0. The number of nitrogens with zero attached hydrogens (tertiary/aromatic N) is 5. The zero-order chi connectivity index (χ0) is 18.3. The third kappa shape index (κ3) is 3.16. The fourth-order valence-electron chi connectivity index (χ4n) is 3.63. The van der Waals surface area contributed by atoms with Crippen molar-refractivity contribution in [3.05, 3.63) is 47.8 Å². The van der Waals surface area contributed by atoms with Gasteiger partial charge in [0.1, 0.15) is 11.6 Å². The highest BCUT2D eigenvalue weighted by Gasteiger charge is 2.29. The molecule has 0 aliphatic carbocycles. The Morgan fingerprint density at radius 2 is 2.08 bits per heavy atom. The van der Waals surface area contributed by atoms with Gasteiger partial charge < -0.3 is 4.90 Å². The van der Waals surface area contributed by atoms with Gasteiger partial charge in [-0.15, -0.1) is 0 Å². The van der Waals surface area contributed by atoms with Gasteiger partial charge in [0, 0.05) is 51.5 Å². The van der Waals surface area contributed by atoms with Crippen LogP contribution in [0.1, 0.15) is 18.0 Å². The normalized spacial score (nSPS) is 21.2. The van der Waals surface area contributed by atoms with Crippen LogP contribution in [0.2, 0.25) is 0 Å². The van der Waals surface area contributed by atoms with Crippen LogP contribution in [0.25, 0.3) is 0 Å². The molecule has 1 atom stereocenters. The van der Waals surface area contributed by atoms with Gasteiger partial charge in [0.2, 0.25) is 0 Å². The molecule has 1 unspecified atom stereocenters. The fourth-order valence-corrected chi connectivity index (χ4v) is 3.63. The van der Waals surface area contributed by atoms with Gasteiger partial charge in [-0.25, -0.2) is 13.6 Å². The zero-order valence-electron chi connectivity index (χ0n) is 14.6. The quantitative estimate of drug-likeness (QED) is 0.840. The molecule has 26 heavy (non-hydrogen) atoms. The molecule has 2 saturated heterocycles. The number of hydrogen-bond acceptors (Lipinski definition) is 3. The van der Waals surface area contributed by atoms with Gasteiger partial charge in [-0.05, 0) is 24.6 Å². The fraction of sp³-hybridized carbons (Fsp3) is 0.444. The van der Waals surface area contributed by atoms with Crippen LogP contribution < -0.4 is 4.90 Å². The van der Waals surface area contributed by atoms with Crippen molar-refractivity contribution in [2.45, 2.75) is 19.0 Å². The van der Waals surface area contributed by atoms with Crippen molar-refractivity contribution < 1.29 is 13.6 Å². The van der Waals surface area contributed by atoms with E-state index in [2.05, 4.69) is 10.00 Å². The summed E-state index contributed by atoms with van der Waals surface area (Å²) in [5.74, 6) is -0.804. The SMILES string of the molecule is CN1CCN(c2cnn(C3CCN(Cc4cc(F)ccc4F)C3)c2)C1=O. The highest BCUT2D eigenvalue weighted by molar-refractivity contribution is 5.93. The Morgan fingerprint density at radius 1 is 1.23 bits per heavy atom. The minimum atomic E-state index is -0.422. The molecule has 0 N–H and O–H groups in total. The number of likely N-dealkylation sites (N-methyl/N-ethyl adjacent to an activating group) is 1. The molecule has 1 aromatic heterocycles. The molecule has 0 bridgehead atoms. The van der Waals surface area contributed by atoms with Crippen LogP contribution in [0, 0.1) is 11.6 Å². The van der Waals surface area contributed by atoms with Crippen LogP contribution in [0.5, 0.6) is 0 Å². The van der Waals surface area contributed by atoms with E-state index in [-0.39, 0.29) is 17.9 Å². The first-order chi connectivity index (χ1) is 12.5. The molecular formula is C18H21F2N5O. The summed E-state index contributed by atoms with van der Waals surface area (Å²) in [6.07, 6.45) is 4.49. The summed E-state index contributed by atoms with van der Waals surface area (Å²) in [6.45, 7) is 3.26.